The molecule has 15 heavy (non-hydrogen) atoms. The van der Waals surface area contributed by atoms with Crippen LogP contribution in [0, 0.1) is 12.7 Å². The number of aryl methyl sites for hydroxylation is 1. The summed E-state index contributed by atoms with van der Waals surface area (Å²) < 4.78 is 13.3. The van der Waals surface area contributed by atoms with E-state index in [1.54, 1.807) is 19.1 Å². The smallest absolute Gasteiger partial charge is 0.223 e. The van der Waals surface area contributed by atoms with Crippen LogP contribution in [0.5, 0.6) is 0 Å². The molecule has 0 saturated heterocycles. The molecule has 4 nitrogen and oxygen atoms in total. The third-order valence-electron chi connectivity index (χ3n) is 2.02. The van der Waals surface area contributed by atoms with E-state index < -0.39 is 0 Å². The van der Waals surface area contributed by atoms with Crippen molar-refractivity contribution in [3.05, 3.63) is 35.9 Å². The van der Waals surface area contributed by atoms with E-state index in [9.17, 15) is 4.39 Å². The fraction of sp³-hybridized carbons (Fsp3) is 0.100. The van der Waals surface area contributed by atoms with Crippen LogP contribution in [0.15, 0.2) is 24.5 Å². The lowest BCUT2D eigenvalue weighted by Gasteiger charge is -2.01. The van der Waals surface area contributed by atoms with Gasteiger partial charge in [-0.1, -0.05) is 12.1 Å². The fourth-order valence-corrected chi connectivity index (χ4v) is 1.18. The number of anilines is 1. The lowest BCUT2D eigenvalue weighted by molar-refractivity contribution is 0.619. The molecule has 0 spiro atoms. The number of nitrogens with zero attached hydrogens (tertiary/aromatic N) is 3. The normalized spacial score (nSPS) is 10.3. The van der Waals surface area contributed by atoms with Gasteiger partial charge in [0.15, 0.2) is 5.82 Å². The van der Waals surface area contributed by atoms with Gasteiger partial charge in [0, 0.05) is 5.56 Å². The Morgan fingerprint density at radius 1 is 1.27 bits per heavy atom. The first-order chi connectivity index (χ1) is 7.16. The van der Waals surface area contributed by atoms with E-state index in [-0.39, 0.29) is 11.8 Å². The largest absolute Gasteiger partial charge is 0.368 e. The van der Waals surface area contributed by atoms with Crippen LogP contribution in [0.25, 0.3) is 11.4 Å². The van der Waals surface area contributed by atoms with Gasteiger partial charge in [-0.15, -0.1) is 0 Å². The topological polar surface area (TPSA) is 64.7 Å². The second kappa shape index (κ2) is 3.61. The fourth-order valence-electron chi connectivity index (χ4n) is 1.18. The van der Waals surface area contributed by atoms with Crippen molar-refractivity contribution in [2.24, 2.45) is 0 Å². The molecule has 1 aromatic carbocycles. The molecule has 2 rings (SSSR count). The number of benzene rings is 1. The second-order valence-electron chi connectivity index (χ2n) is 3.13. The van der Waals surface area contributed by atoms with Crippen molar-refractivity contribution in [1.82, 2.24) is 15.0 Å². The molecule has 1 heterocycles. The predicted octanol–water partition coefficient (Wildman–Crippen LogP) is 1.57. The summed E-state index contributed by atoms with van der Waals surface area (Å²) in [4.78, 5) is 11.5. The summed E-state index contributed by atoms with van der Waals surface area (Å²) in [5.74, 6) is 0.217. The number of rotatable bonds is 1. The number of hydrogen-bond acceptors (Lipinski definition) is 4. The van der Waals surface area contributed by atoms with E-state index in [2.05, 4.69) is 15.0 Å². The molecule has 2 N–H and O–H groups in total. The Hall–Kier alpha value is -2.04. The zero-order chi connectivity index (χ0) is 10.8. The number of hydrogen-bond donors (Lipinski definition) is 1. The molecule has 0 atom stereocenters. The molecule has 0 bridgehead atoms. The predicted molar refractivity (Wildman–Crippen MR) is 54.4 cm³/mol. The monoisotopic (exact) mass is 204 g/mol. The zero-order valence-corrected chi connectivity index (χ0v) is 8.11. The maximum absolute atomic E-state index is 13.3. The summed E-state index contributed by atoms with van der Waals surface area (Å²) in [7, 11) is 0. The van der Waals surface area contributed by atoms with Crippen LogP contribution in [-0.2, 0) is 0 Å². The highest BCUT2D eigenvalue weighted by Gasteiger charge is 2.04. The summed E-state index contributed by atoms with van der Waals surface area (Å²) in [5.41, 5.74) is 6.58. The van der Waals surface area contributed by atoms with Gasteiger partial charge < -0.3 is 5.73 Å². The Labute approximate surface area is 86.0 Å². The van der Waals surface area contributed by atoms with E-state index in [1.165, 1.54) is 12.4 Å². The van der Waals surface area contributed by atoms with Gasteiger partial charge in [0.2, 0.25) is 5.95 Å². The van der Waals surface area contributed by atoms with E-state index in [4.69, 9.17) is 5.73 Å². The first-order valence-electron chi connectivity index (χ1n) is 4.38. The van der Waals surface area contributed by atoms with Crippen molar-refractivity contribution >= 4 is 5.95 Å². The maximum Gasteiger partial charge on any atom is 0.223 e. The Balaban J connectivity index is 2.50. The highest BCUT2D eigenvalue weighted by Crippen LogP contribution is 2.17. The van der Waals surface area contributed by atoms with Crippen LogP contribution in [-0.4, -0.2) is 15.0 Å². The quantitative estimate of drug-likeness (QED) is 0.765. The van der Waals surface area contributed by atoms with Crippen molar-refractivity contribution in [2.45, 2.75) is 6.92 Å². The van der Waals surface area contributed by atoms with Gasteiger partial charge in [0.1, 0.15) is 12.1 Å². The number of aromatic nitrogens is 3. The van der Waals surface area contributed by atoms with Gasteiger partial charge >= 0.3 is 0 Å². The minimum atomic E-state index is -0.286. The molecule has 5 heteroatoms. The van der Waals surface area contributed by atoms with Gasteiger partial charge in [0.05, 0.1) is 0 Å². The Kier molecular flexibility index (Phi) is 2.29. The second-order valence-corrected chi connectivity index (χ2v) is 3.13. The van der Waals surface area contributed by atoms with Crippen LogP contribution in [0.4, 0.5) is 10.3 Å². The Morgan fingerprint density at radius 3 is 2.73 bits per heavy atom. The minimum Gasteiger partial charge on any atom is -0.368 e. The Bertz CT molecular complexity index is 499. The van der Waals surface area contributed by atoms with Crippen LogP contribution >= 0.6 is 0 Å². The molecule has 0 fully saturated rings. The molecule has 2 aromatic rings. The molecule has 0 aliphatic carbocycles. The number of halogens is 1. The summed E-state index contributed by atoms with van der Waals surface area (Å²) in [6, 6.07) is 4.79. The Morgan fingerprint density at radius 2 is 2.07 bits per heavy atom. The summed E-state index contributed by atoms with van der Waals surface area (Å²) in [5, 5.41) is 0. The van der Waals surface area contributed by atoms with Crippen LogP contribution < -0.4 is 5.73 Å². The van der Waals surface area contributed by atoms with Gasteiger partial charge in [-0.3, -0.25) is 0 Å². The first kappa shape index (κ1) is 9.51. The highest BCUT2D eigenvalue weighted by atomic mass is 19.1. The molecule has 0 aliphatic rings. The van der Waals surface area contributed by atoms with Crippen molar-refractivity contribution in [2.75, 3.05) is 5.73 Å². The summed E-state index contributed by atoms with van der Waals surface area (Å²) in [6.45, 7) is 1.70. The average molecular weight is 204 g/mol. The SMILES string of the molecule is Cc1ccc(-c2ncnc(N)n2)cc1F. The standard InChI is InChI=1S/C10H9FN4/c1-6-2-3-7(4-8(6)11)9-13-5-14-10(12)15-9/h2-5H,1H3,(H2,12,13,14,15). The molecule has 1 aromatic heterocycles. The van der Waals surface area contributed by atoms with Crippen LogP contribution in [0.2, 0.25) is 0 Å². The molecule has 0 saturated carbocycles. The van der Waals surface area contributed by atoms with Gasteiger partial charge in [0.25, 0.3) is 0 Å². The number of nitrogens with two attached hydrogens (primary N) is 1. The third kappa shape index (κ3) is 1.90. The van der Waals surface area contributed by atoms with Gasteiger partial charge in [-0.2, -0.15) is 4.98 Å². The molecular formula is C10H9FN4. The molecule has 0 radical (unpaired) electrons. The molecule has 0 aliphatic heterocycles. The third-order valence-corrected chi connectivity index (χ3v) is 2.02. The molecule has 76 valence electrons. The van der Waals surface area contributed by atoms with E-state index >= 15 is 0 Å². The lowest BCUT2D eigenvalue weighted by Crippen LogP contribution is -1.98. The lowest BCUT2D eigenvalue weighted by atomic mass is 10.1. The van der Waals surface area contributed by atoms with Crippen LogP contribution in [0.1, 0.15) is 5.56 Å². The van der Waals surface area contributed by atoms with Crippen molar-refractivity contribution < 1.29 is 4.39 Å². The van der Waals surface area contributed by atoms with E-state index in [0.29, 0.717) is 17.0 Å². The maximum atomic E-state index is 13.3. The summed E-state index contributed by atoms with van der Waals surface area (Å²) >= 11 is 0. The first-order valence-corrected chi connectivity index (χ1v) is 4.38. The molecule has 0 amide bonds. The number of nitrogen functional groups attached to an aromatic ring is 1. The van der Waals surface area contributed by atoms with Crippen molar-refractivity contribution in [3.63, 3.8) is 0 Å². The summed E-state index contributed by atoms with van der Waals surface area (Å²) in [6.07, 6.45) is 1.30. The van der Waals surface area contributed by atoms with E-state index in [0.717, 1.165) is 0 Å². The highest BCUT2D eigenvalue weighted by molar-refractivity contribution is 5.56. The van der Waals surface area contributed by atoms with E-state index in [1.807, 2.05) is 0 Å². The molecule has 0 unspecified atom stereocenters. The van der Waals surface area contributed by atoms with Crippen LogP contribution in [0.3, 0.4) is 0 Å². The average Bonchev–Trinajstić information content (AvgIpc) is 2.22. The minimum absolute atomic E-state index is 0.126. The van der Waals surface area contributed by atoms with Crippen molar-refractivity contribution in [3.8, 4) is 11.4 Å². The molecular weight excluding hydrogens is 195 g/mol. The van der Waals surface area contributed by atoms with Gasteiger partial charge in [-0.05, 0) is 18.6 Å². The van der Waals surface area contributed by atoms with Gasteiger partial charge in [-0.25, -0.2) is 14.4 Å². The zero-order valence-electron chi connectivity index (χ0n) is 8.11. The van der Waals surface area contributed by atoms with Crippen molar-refractivity contribution in [1.29, 1.82) is 0 Å².